The van der Waals surface area contributed by atoms with Gasteiger partial charge in [-0.2, -0.15) is 0 Å². The Hall–Kier alpha value is -2.89. The number of fused-ring (bicyclic) bond motifs is 1. The molecule has 0 saturated carbocycles. The fraction of sp³-hybridized carbons (Fsp3) is 0.188. The van der Waals surface area contributed by atoms with Crippen LogP contribution in [0.15, 0.2) is 41.0 Å². The number of nitrogens with zero attached hydrogens (tertiary/aromatic N) is 3. The fourth-order valence-corrected chi connectivity index (χ4v) is 2.30. The summed E-state index contributed by atoms with van der Waals surface area (Å²) in [6, 6.07) is 5.21. The van der Waals surface area contributed by atoms with E-state index < -0.39 is 0 Å². The van der Waals surface area contributed by atoms with Crippen molar-refractivity contribution in [3.05, 3.63) is 58.0 Å². The number of nitrogens with one attached hydrogen (secondary N) is 1. The number of aromatic amines is 1. The Kier molecular flexibility index (Phi) is 3.50. The van der Waals surface area contributed by atoms with Crippen LogP contribution in [-0.4, -0.2) is 19.5 Å². The van der Waals surface area contributed by atoms with Gasteiger partial charge in [0.05, 0.1) is 23.4 Å². The molecule has 0 aliphatic heterocycles. The number of pyridine rings is 2. The lowest BCUT2D eigenvalue weighted by Gasteiger charge is -2.03. The van der Waals surface area contributed by atoms with Crippen LogP contribution in [0.5, 0.6) is 0 Å². The maximum Gasteiger partial charge on any atom is 0.274 e. The van der Waals surface area contributed by atoms with Gasteiger partial charge in [-0.3, -0.25) is 9.78 Å². The van der Waals surface area contributed by atoms with Gasteiger partial charge >= 0.3 is 0 Å². The zero-order chi connectivity index (χ0) is 15.7. The van der Waals surface area contributed by atoms with Crippen molar-refractivity contribution in [3.63, 3.8) is 0 Å². The summed E-state index contributed by atoms with van der Waals surface area (Å²) in [5, 5.41) is 0. The van der Waals surface area contributed by atoms with E-state index in [2.05, 4.69) is 15.0 Å². The molecule has 0 aromatic carbocycles. The van der Waals surface area contributed by atoms with Crippen LogP contribution in [-0.2, 0) is 6.54 Å². The SMILES string of the molecule is CC(C)=Cc1nccc2[nH]c(Cn3cccc(N)c3=O)nc12. The maximum absolute atomic E-state index is 12.0. The molecule has 3 aromatic rings. The van der Waals surface area contributed by atoms with E-state index in [0.29, 0.717) is 12.4 Å². The van der Waals surface area contributed by atoms with Gasteiger partial charge in [-0.25, -0.2) is 4.98 Å². The summed E-state index contributed by atoms with van der Waals surface area (Å²) in [6.07, 6.45) is 5.42. The van der Waals surface area contributed by atoms with Crippen LogP contribution in [0.25, 0.3) is 17.1 Å². The second-order valence-electron chi connectivity index (χ2n) is 5.39. The lowest BCUT2D eigenvalue weighted by Crippen LogP contribution is -2.22. The third kappa shape index (κ3) is 2.63. The van der Waals surface area contributed by atoms with Gasteiger partial charge in [0.1, 0.15) is 11.3 Å². The predicted octanol–water partition coefficient (Wildman–Crippen LogP) is 2.17. The Labute approximate surface area is 127 Å². The Morgan fingerprint density at radius 2 is 2.23 bits per heavy atom. The highest BCUT2D eigenvalue weighted by molar-refractivity contribution is 5.83. The molecule has 6 heteroatoms. The average Bonchev–Trinajstić information content (AvgIpc) is 2.87. The molecule has 0 unspecified atom stereocenters. The molecule has 0 bridgehead atoms. The van der Waals surface area contributed by atoms with Crippen molar-refractivity contribution in [3.8, 4) is 0 Å². The summed E-state index contributed by atoms with van der Waals surface area (Å²) in [6.45, 7) is 4.37. The zero-order valence-electron chi connectivity index (χ0n) is 12.5. The molecule has 3 heterocycles. The fourth-order valence-electron chi connectivity index (χ4n) is 2.30. The molecule has 0 aliphatic rings. The molecule has 3 rings (SSSR count). The number of hydrogen-bond donors (Lipinski definition) is 2. The topological polar surface area (TPSA) is 89.6 Å². The number of imidazole rings is 1. The van der Waals surface area contributed by atoms with Crippen LogP contribution in [0, 0.1) is 0 Å². The molecule has 112 valence electrons. The lowest BCUT2D eigenvalue weighted by molar-refractivity contribution is 0.729. The molecular formula is C16H17N5O. The Bertz CT molecular complexity index is 916. The number of nitrogens with two attached hydrogens (primary N) is 1. The minimum Gasteiger partial charge on any atom is -0.394 e. The molecule has 0 atom stereocenters. The minimum absolute atomic E-state index is 0.217. The van der Waals surface area contributed by atoms with E-state index in [4.69, 9.17) is 5.73 Å². The Balaban J connectivity index is 2.04. The first-order valence-electron chi connectivity index (χ1n) is 6.98. The van der Waals surface area contributed by atoms with E-state index in [1.54, 1.807) is 24.5 Å². The van der Waals surface area contributed by atoms with E-state index in [1.807, 2.05) is 26.0 Å². The molecule has 0 amide bonds. The van der Waals surface area contributed by atoms with E-state index in [0.717, 1.165) is 22.3 Å². The highest BCUT2D eigenvalue weighted by Gasteiger charge is 2.08. The van der Waals surface area contributed by atoms with Crippen molar-refractivity contribution < 1.29 is 0 Å². The van der Waals surface area contributed by atoms with Crippen molar-refractivity contribution in [1.82, 2.24) is 19.5 Å². The zero-order valence-corrected chi connectivity index (χ0v) is 12.5. The molecule has 0 spiro atoms. The van der Waals surface area contributed by atoms with Crippen LogP contribution in [0.4, 0.5) is 5.69 Å². The smallest absolute Gasteiger partial charge is 0.274 e. The highest BCUT2D eigenvalue weighted by atomic mass is 16.1. The van der Waals surface area contributed by atoms with Crippen molar-refractivity contribution in [2.45, 2.75) is 20.4 Å². The number of anilines is 1. The first-order chi connectivity index (χ1) is 10.5. The second-order valence-corrected chi connectivity index (χ2v) is 5.39. The van der Waals surface area contributed by atoms with E-state index in [1.165, 1.54) is 4.57 Å². The van der Waals surface area contributed by atoms with Crippen molar-refractivity contribution in [2.75, 3.05) is 5.73 Å². The summed E-state index contributed by atoms with van der Waals surface area (Å²) in [4.78, 5) is 24.1. The highest BCUT2D eigenvalue weighted by Crippen LogP contribution is 2.17. The van der Waals surface area contributed by atoms with Gasteiger partial charge in [-0.15, -0.1) is 0 Å². The normalized spacial score (nSPS) is 10.8. The molecule has 3 N–H and O–H groups in total. The van der Waals surface area contributed by atoms with Crippen LogP contribution in [0.3, 0.4) is 0 Å². The molecule has 0 fully saturated rings. The Morgan fingerprint density at radius 3 is 3.00 bits per heavy atom. The number of nitrogen functional groups attached to an aromatic ring is 1. The van der Waals surface area contributed by atoms with E-state index in [-0.39, 0.29) is 11.2 Å². The molecule has 22 heavy (non-hydrogen) atoms. The standard InChI is InChI=1S/C16H17N5O/c1-10(2)8-13-15-12(5-6-18-13)19-14(20-15)9-21-7-3-4-11(17)16(21)22/h3-8H,9,17H2,1-2H3,(H,19,20). The quantitative estimate of drug-likeness (QED) is 0.775. The number of allylic oxidation sites excluding steroid dienone is 1. The van der Waals surface area contributed by atoms with Crippen molar-refractivity contribution in [2.24, 2.45) is 0 Å². The summed E-state index contributed by atoms with van der Waals surface area (Å²) in [5.41, 5.74) is 9.33. The first-order valence-corrected chi connectivity index (χ1v) is 6.98. The average molecular weight is 295 g/mol. The largest absolute Gasteiger partial charge is 0.394 e. The summed E-state index contributed by atoms with van der Waals surface area (Å²) in [5.74, 6) is 0.694. The maximum atomic E-state index is 12.0. The van der Waals surface area contributed by atoms with Crippen LogP contribution < -0.4 is 11.3 Å². The van der Waals surface area contributed by atoms with Gasteiger partial charge in [0.25, 0.3) is 5.56 Å². The van der Waals surface area contributed by atoms with Gasteiger partial charge in [-0.1, -0.05) is 5.57 Å². The third-order valence-corrected chi connectivity index (χ3v) is 3.27. The number of aromatic nitrogens is 4. The minimum atomic E-state index is -0.217. The van der Waals surface area contributed by atoms with Crippen LogP contribution in [0.2, 0.25) is 0 Å². The van der Waals surface area contributed by atoms with Gasteiger partial charge in [0.15, 0.2) is 0 Å². The molecule has 6 nitrogen and oxygen atoms in total. The molecule has 3 aromatic heterocycles. The molecular weight excluding hydrogens is 278 g/mol. The Morgan fingerprint density at radius 1 is 1.41 bits per heavy atom. The van der Waals surface area contributed by atoms with Gasteiger partial charge in [0.2, 0.25) is 0 Å². The molecule has 0 aliphatic carbocycles. The summed E-state index contributed by atoms with van der Waals surface area (Å²) in [7, 11) is 0. The predicted molar refractivity (Wildman–Crippen MR) is 87.4 cm³/mol. The van der Waals surface area contributed by atoms with Crippen molar-refractivity contribution in [1.29, 1.82) is 0 Å². The van der Waals surface area contributed by atoms with Crippen molar-refractivity contribution >= 4 is 22.8 Å². The van der Waals surface area contributed by atoms with Gasteiger partial charge < -0.3 is 15.3 Å². The number of hydrogen-bond acceptors (Lipinski definition) is 4. The summed E-state index contributed by atoms with van der Waals surface area (Å²) < 4.78 is 1.53. The molecule has 0 radical (unpaired) electrons. The van der Waals surface area contributed by atoms with Crippen LogP contribution >= 0.6 is 0 Å². The van der Waals surface area contributed by atoms with E-state index >= 15 is 0 Å². The number of rotatable bonds is 3. The second kappa shape index (κ2) is 5.48. The van der Waals surface area contributed by atoms with E-state index in [9.17, 15) is 4.79 Å². The first kappa shape index (κ1) is 14.1. The van der Waals surface area contributed by atoms with Crippen LogP contribution in [0.1, 0.15) is 25.4 Å². The summed E-state index contributed by atoms with van der Waals surface area (Å²) >= 11 is 0. The molecule has 0 saturated heterocycles. The van der Waals surface area contributed by atoms with Gasteiger partial charge in [0, 0.05) is 12.4 Å². The number of H-pyrrole nitrogens is 1. The third-order valence-electron chi connectivity index (χ3n) is 3.27. The monoisotopic (exact) mass is 295 g/mol. The lowest BCUT2D eigenvalue weighted by atomic mass is 10.2. The van der Waals surface area contributed by atoms with Gasteiger partial charge in [-0.05, 0) is 38.1 Å².